The van der Waals surface area contributed by atoms with E-state index in [9.17, 15) is 14.0 Å². The molecule has 28 heavy (non-hydrogen) atoms. The Morgan fingerprint density at radius 3 is 2.50 bits per heavy atom. The van der Waals surface area contributed by atoms with Crippen LogP contribution in [0.25, 0.3) is 10.9 Å². The number of aryl methyl sites for hydroxylation is 1. The molecule has 0 aliphatic rings. The summed E-state index contributed by atoms with van der Waals surface area (Å²) in [7, 11) is 0. The highest BCUT2D eigenvalue weighted by atomic mass is 19.1. The van der Waals surface area contributed by atoms with Crippen molar-refractivity contribution < 1.29 is 23.5 Å². The number of nitrogens with zero attached hydrogens (tertiary/aromatic N) is 1. The highest BCUT2D eigenvalue weighted by molar-refractivity contribution is 5.98. The average Bonchev–Trinajstić information content (AvgIpc) is 2.68. The Labute approximate surface area is 162 Å². The molecule has 0 fully saturated rings. The Morgan fingerprint density at radius 2 is 1.75 bits per heavy atom. The molecule has 0 N–H and O–H groups in total. The van der Waals surface area contributed by atoms with E-state index in [1.807, 2.05) is 24.3 Å². The standard InChI is InChI=1S/C22H20FNO4/c1-3-27-22(26)21-14(2)16-9-5-7-11-18(16)24-19(21)13-28-20(25)12-15-8-4-6-10-17(15)23/h4-11H,3,12-13H2,1-2H3. The molecule has 0 radical (unpaired) electrons. The Morgan fingerprint density at radius 1 is 1.04 bits per heavy atom. The molecule has 0 saturated heterocycles. The maximum Gasteiger partial charge on any atom is 0.340 e. The third-order valence-electron chi connectivity index (χ3n) is 4.37. The lowest BCUT2D eigenvalue weighted by Gasteiger charge is -2.14. The molecule has 0 atom stereocenters. The van der Waals surface area contributed by atoms with E-state index in [2.05, 4.69) is 4.98 Å². The van der Waals surface area contributed by atoms with Gasteiger partial charge in [0.15, 0.2) is 0 Å². The predicted molar refractivity (Wildman–Crippen MR) is 102 cm³/mol. The normalized spacial score (nSPS) is 10.7. The van der Waals surface area contributed by atoms with Gasteiger partial charge in [-0.25, -0.2) is 14.2 Å². The third-order valence-corrected chi connectivity index (χ3v) is 4.37. The van der Waals surface area contributed by atoms with Gasteiger partial charge in [0.25, 0.3) is 0 Å². The van der Waals surface area contributed by atoms with E-state index >= 15 is 0 Å². The molecular weight excluding hydrogens is 361 g/mol. The van der Waals surface area contributed by atoms with Crippen molar-refractivity contribution in [1.29, 1.82) is 0 Å². The van der Waals surface area contributed by atoms with Crippen molar-refractivity contribution in [2.75, 3.05) is 6.61 Å². The molecule has 1 heterocycles. The highest BCUT2D eigenvalue weighted by Gasteiger charge is 2.21. The number of carbonyl (C=O) groups excluding carboxylic acids is 2. The number of para-hydroxylation sites is 1. The second kappa shape index (κ2) is 8.61. The summed E-state index contributed by atoms with van der Waals surface area (Å²) in [6, 6.07) is 13.4. The summed E-state index contributed by atoms with van der Waals surface area (Å²) in [5, 5.41) is 0.826. The smallest absolute Gasteiger partial charge is 0.340 e. The molecule has 0 spiro atoms. The van der Waals surface area contributed by atoms with Gasteiger partial charge in [-0.05, 0) is 37.1 Å². The Hall–Kier alpha value is -3.28. The van der Waals surface area contributed by atoms with Crippen molar-refractivity contribution in [3.63, 3.8) is 0 Å². The Bertz CT molecular complexity index is 1030. The first-order valence-electron chi connectivity index (χ1n) is 8.95. The van der Waals surface area contributed by atoms with Crippen molar-refractivity contribution >= 4 is 22.8 Å². The fourth-order valence-electron chi connectivity index (χ4n) is 3.02. The minimum absolute atomic E-state index is 0.200. The van der Waals surface area contributed by atoms with Crippen molar-refractivity contribution in [3.8, 4) is 0 Å². The van der Waals surface area contributed by atoms with E-state index in [0.717, 1.165) is 5.39 Å². The average molecular weight is 381 g/mol. The van der Waals surface area contributed by atoms with E-state index in [4.69, 9.17) is 9.47 Å². The highest BCUT2D eigenvalue weighted by Crippen LogP contribution is 2.24. The maximum atomic E-state index is 13.7. The summed E-state index contributed by atoms with van der Waals surface area (Å²) in [6.45, 7) is 3.54. The van der Waals surface area contributed by atoms with Gasteiger partial charge in [-0.3, -0.25) is 4.79 Å². The van der Waals surface area contributed by atoms with Crippen molar-refractivity contribution in [3.05, 3.63) is 76.7 Å². The summed E-state index contributed by atoms with van der Waals surface area (Å²) < 4.78 is 24.1. The molecule has 2 aromatic carbocycles. The predicted octanol–water partition coefficient (Wildman–Crippen LogP) is 4.14. The van der Waals surface area contributed by atoms with E-state index < -0.39 is 17.8 Å². The number of halogens is 1. The molecule has 0 amide bonds. The van der Waals surface area contributed by atoms with Crippen molar-refractivity contribution in [2.45, 2.75) is 26.9 Å². The van der Waals surface area contributed by atoms with E-state index in [-0.39, 0.29) is 25.2 Å². The fraction of sp³-hybridized carbons (Fsp3) is 0.227. The Kier molecular flexibility index (Phi) is 5.99. The van der Waals surface area contributed by atoms with Gasteiger partial charge < -0.3 is 9.47 Å². The topological polar surface area (TPSA) is 65.5 Å². The van der Waals surface area contributed by atoms with Gasteiger partial charge in [0.2, 0.25) is 0 Å². The van der Waals surface area contributed by atoms with Gasteiger partial charge >= 0.3 is 11.9 Å². The van der Waals surface area contributed by atoms with Gasteiger partial charge in [0.05, 0.1) is 29.8 Å². The van der Waals surface area contributed by atoms with Gasteiger partial charge in [0, 0.05) is 5.39 Å². The molecule has 3 aromatic rings. The molecule has 0 unspecified atom stereocenters. The van der Waals surface area contributed by atoms with Crippen LogP contribution in [0.4, 0.5) is 4.39 Å². The molecule has 3 rings (SSSR count). The number of ether oxygens (including phenoxy) is 2. The summed E-state index contributed by atoms with van der Waals surface area (Å²) in [4.78, 5) is 29.1. The van der Waals surface area contributed by atoms with Gasteiger partial charge in [0.1, 0.15) is 12.4 Å². The van der Waals surface area contributed by atoms with E-state index in [0.29, 0.717) is 22.3 Å². The molecule has 0 bridgehead atoms. The number of aromatic nitrogens is 1. The molecule has 1 aromatic heterocycles. The fourth-order valence-corrected chi connectivity index (χ4v) is 3.02. The number of benzene rings is 2. The lowest BCUT2D eigenvalue weighted by atomic mass is 10.0. The zero-order valence-electron chi connectivity index (χ0n) is 15.7. The molecule has 0 saturated carbocycles. The van der Waals surface area contributed by atoms with Crippen LogP contribution in [0.1, 0.15) is 34.1 Å². The minimum atomic E-state index is -0.604. The van der Waals surface area contributed by atoms with Gasteiger partial charge in [-0.1, -0.05) is 36.4 Å². The van der Waals surface area contributed by atoms with Crippen LogP contribution in [0.2, 0.25) is 0 Å². The lowest BCUT2D eigenvalue weighted by molar-refractivity contribution is -0.144. The van der Waals surface area contributed by atoms with Crippen molar-refractivity contribution in [2.24, 2.45) is 0 Å². The number of esters is 2. The van der Waals surface area contributed by atoms with Gasteiger partial charge in [-0.15, -0.1) is 0 Å². The second-order valence-corrected chi connectivity index (χ2v) is 6.22. The number of hydrogen-bond donors (Lipinski definition) is 0. The first kappa shape index (κ1) is 19.5. The number of pyridine rings is 1. The molecule has 5 nitrogen and oxygen atoms in total. The minimum Gasteiger partial charge on any atom is -0.462 e. The zero-order valence-corrected chi connectivity index (χ0v) is 15.7. The van der Waals surface area contributed by atoms with Crippen LogP contribution in [0, 0.1) is 12.7 Å². The molecule has 0 aliphatic heterocycles. The summed E-state index contributed by atoms with van der Waals surface area (Å²) in [5.41, 5.74) is 2.26. The van der Waals surface area contributed by atoms with Crippen LogP contribution in [0.5, 0.6) is 0 Å². The molecule has 144 valence electrons. The molecule has 6 heteroatoms. The van der Waals surface area contributed by atoms with Crippen LogP contribution < -0.4 is 0 Å². The number of hydrogen-bond acceptors (Lipinski definition) is 5. The van der Waals surface area contributed by atoms with Crippen LogP contribution in [-0.2, 0) is 27.3 Å². The maximum absolute atomic E-state index is 13.7. The van der Waals surface area contributed by atoms with Crippen molar-refractivity contribution in [1.82, 2.24) is 4.98 Å². The quantitative estimate of drug-likeness (QED) is 0.600. The third kappa shape index (κ3) is 4.17. The summed E-state index contributed by atoms with van der Waals surface area (Å²) in [6.07, 6.45) is -0.200. The Balaban J connectivity index is 1.87. The van der Waals surface area contributed by atoms with E-state index in [1.165, 1.54) is 12.1 Å². The first-order chi connectivity index (χ1) is 13.5. The largest absolute Gasteiger partial charge is 0.462 e. The first-order valence-corrected chi connectivity index (χ1v) is 8.95. The van der Waals surface area contributed by atoms with Crippen LogP contribution in [0.3, 0.4) is 0 Å². The van der Waals surface area contributed by atoms with Crippen LogP contribution in [0.15, 0.2) is 48.5 Å². The second-order valence-electron chi connectivity index (χ2n) is 6.22. The number of carbonyl (C=O) groups is 2. The van der Waals surface area contributed by atoms with E-state index in [1.54, 1.807) is 26.0 Å². The SMILES string of the molecule is CCOC(=O)c1c(COC(=O)Cc2ccccc2F)nc2ccccc2c1C. The van der Waals surface area contributed by atoms with Gasteiger partial charge in [-0.2, -0.15) is 0 Å². The zero-order chi connectivity index (χ0) is 20.1. The number of rotatable bonds is 6. The summed E-state index contributed by atoms with van der Waals surface area (Å²) >= 11 is 0. The monoisotopic (exact) mass is 381 g/mol. The van der Waals surface area contributed by atoms with Crippen LogP contribution >= 0.6 is 0 Å². The number of fused-ring (bicyclic) bond motifs is 1. The van der Waals surface area contributed by atoms with Crippen LogP contribution in [-0.4, -0.2) is 23.5 Å². The summed E-state index contributed by atoms with van der Waals surface area (Å²) in [5.74, 6) is -1.59. The molecular formula is C22H20FNO4. The lowest BCUT2D eigenvalue weighted by Crippen LogP contribution is -2.16. The molecule has 0 aliphatic carbocycles.